The largest absolute Gasteiger partial charge is 0.503 e. The Morgan fingerprint density at radius 1 is 1.12 bits per heavy atom. The van der Waals surface area contributed by atoms with Crippen molar-refractivity contribution >= 4 is 28.6 Å². The molecule has 0 aliphatic carbocycles. The third-order valence-electron chi connectivity index (χ3n) is 5.93. The lowest BCUT2D eigenvalue weighted by Gasteiger charge is -2.26. The van der Waals surface area contributed by atoms with Gasteiger partial charge in [-0.3, -0.25) is 9.59 Å². The van der Waals surface area contributed by atoms with Gasteiger partial charge in [-0.1, -0.05) is 12.1 Å². The van der Waals surface area contributed by atoms with Gasteiger partial charge in [-0.25, -0.2) is 4.79 Å². The number of aromatic nitrogens is 1. The van der Waals surface area contributed by atoms with E-state index < -0.39 is 23.7 Å². The number of methoxy groups -OCH3 is 2. The number of carbonyl (C=O) groups is 3. The van der Waals surface area contributed by atoms with E-state index in [0.29, 0.717) is 17.5 Å². The molecule has 2 N–H and O–H groups in total. The number of benzene rings is 2. The van der Waals surface area contributed by atoms with Crippen LogP contribution in [0.25, 0.3) is 10.9 Å². The maximum Gasteiger partial charge on any atom is 0.337 e. The third-order valence-corrected chi connectivity index (χ3v) is 5.93. The van der Waals surface area contributed by atoms with Crippen LogP contribution in [0.2, 0.25) is 0 Å². The minimum Gasteiger partial charge on any atom is -0.503 e. The number of fused-ring (bicyclic) bond motifs is 1. The molecule has 1 aliphatic rings. The molecule has 0 spiro atoms. The van der Waals surface area contributed by atoms with Gasteiger partial charge in [0.15, 0.2) is 11.5 Å². The predicted octanol–water partition coefficient (Wildman–Crippen LogP) is 3.49. The highest BCUT2D eigenvalue weighted by molar-refractivity contribution is 6.08. The molecule has 0 saturated carbocycles. The molecule has 0 radical (unpaired) electrons. The summed E-state index contributed by atoms with van der Waals surface area (Å²) in [4.78, 5) is 41.7. The van der Waals surface area contributed by atoms with Crippen molar-refractivity contribution < 1.29 is 29.0 Å². The van der Waals surface area contributed by atoms with Crippen molar-refractivity contribution in [3.8, 4) is 5.75 Å². The number of ketones is 1. The molecule has 1 aromatic heterocycles. The number of aromatic amines is 1. The molecule has 8 nitrogen and oxygen atoms in total. The Bertz CT molecular complexity index is 1270. The average Bonchev–Trinajstić information content (AvgIpc) is 3.35. The van der Waals surface area contributed by atoms with Crippen molar-refractivity contribution in [2.45, 2.75) is 19.4 Å². The number of aliphatic hydroxyl groups excluding tert-OH is 1. The summed E-state index contributed by atoms with van der Waals surface area (Å²) in [6.07, 6.45) is 2.37. The zero-order valence-corrected chi connectivity index (χ0v) is 18.5. The van der Waals surface area contributed by atoms with E-state index in [0.717, 1.165) is 22.2 Å². The number of esters is 1. The molecular formula is C25H24N2O6. The molecule has 2 aromatic carbocycles. The molecular weight excluding hydrogens is 424 g/mol. The molecule has 0 bridgehead atoms. The summed E-state index contributed by atoms with van der Waals surface area (Å²) < 4.78 is 10.0. The first kappa shape index (κ1) is 22.1. The highest BCUT2D eigenvalue weighted by Crippen LogP contribution is 2.38. The lowest BCUT2D eigenvalue weighted by Crippen LogP contribution is -2.33. The molecule has 1 atom stereocenters. The fraction of sp³-hybridized carbons (Fsp3) is 0.240. The van der Waals surface area contributed by atoms with Gasteiger partial charge in [-0.15, -0.1) is 0 Å². The third kappa shape index (κ3) is 3.95. The van der Waals surface area contributed by atoms with Gasteiger partial charge in [0.1, 0.15) is 5.75 Å². The lowest BCUT2D eigenvalue weighted by atomic mass is 9.95. The van der Waals surface area contributed by atoms with Crippen LogP contribution in [0.15, 0.2) is 60.0 Å². The number of H-pyrrole nitrogens is 1. The summed E-state index contributed by atoms with van der Waals surface area (Å²) in [6, 6.07) is 11.4. The van der Waals surface area contributed by atoms with Crippen LogP contribution in [0.1, 0.15) is 34.5 Å². The van der Waals surface area contributed by atoms with Crippen molar-refractivity contribution in [1.82, 2.24) is 9.88 Å². The van der Waals surface area contributed by atoms with E-state index in [4.69, 9.17) is 9.47 Å². The highest BCUT2D eigenvalue weighted by atomic mass is 16.5. The van der Waals surface area contributed by atoms with Gasteiger partial charge < -0.3 is 24.5 Å². The van der Waals surface area contributed by atoms with Crippen molar-refractivity contribution in [2.24, 2.45) is 0 Å². The first-order valence-electron chi connectivity index (χ1n) is 10.4. The van der Waals surface area contributed by atoms with Gasteiger partial charge in [-0.05, 0) is 54.8 Å². The summed E-state index contributed by atoms with van der Waals surface area (Å²) >= 11 is 0. The van der Waals surface area contributed by atoms with Gasteiger partial charge >= 0.3 is 5.97 Å². The Labute approximate surface area is 190 Å². The van der Waals surface area contributed by atoms with Crippen LogP contribution in [0.5, 0.6) is 5.75 Å². The molecule has 4 rings (SSSR count). The van der Waals surface area contributed by atoms with Crippen molar-refractivity contribution in [3.05, 3.63) is 76.7 Å². The Hall–Kier alpha value is -4.07. The quantitative estimate of drug-likeness (QED) is 0.536. The molecule has 33 heavy (non-hydrogen) atoms. The maximum atomic E-state index is 12.9. The molecule has 0 fully saturated rings. The second-order valence-corrected chi connectivity index (χ2v) is 7.81. The van der Waals surface area contributed by atoms with E-state index in [2.05, 4.69) is 4.98 Å². The molecule has 3 aromatic rings. The number of hydrogen-bond donors (Lipinski definition) is 2. The monoisotopic (exact) mass is 448 g/mol. The number of nitrogens with zero attached hydrogens (tertiary/aromatic N) is 1. The summed E-state index contributed by atoms with van der Waals surface area (Å²) in [6.45, 7) is 1.59. The topological polar surface area (TPSA) is 109 Å². The molecule has 0 saturated heterocycles. The smallest absolute Gasteiger partial charge is 0.337 e. The maximum absolute atomic E-state index is 12.9. The van der Waals surface area contributed by atoms with Crippen LogP contribution in [0, 0.1) is 0 Å². The zero-order chi connectivity index (χ0) is 23.7. The fourth-order valence-electron chi connectivity index (χ4n) is 4.24. The normalized spacial score (nSPS) is 15.9. The predicted molar refractivity (Wildman–Crippen MR) is 121 cm³/mol. The molecule has 2 heterocycles. The molecule has 0 unspecified atom stereocenters. The van der Waals surface area contributed by atoms with Crippen molar-refractivity contribution in [1.29, 1.82) is 0 Å². The lowest BCUT2D eigenvalue weighted by molar-refractivity contribution is -0.129. The number of carbonyl (C=O) groups excluding carboxylic acids is 3. The number of hydrogen-bond acceptors (Lipinski definition) is 6. The summed E-state index contributed by atoms with van der Waals surface area (Å²) in [5.74, 6) is -1.28. The second-order valence-electron chi connectivity index (χ2n) is 7.81. The van der Waals surface area contributed by atoms with Gasteiger partial charge in [0.2, 0.25) is 0 Å². The van der Waals surface area contributed by atoms with E-state index in [1.54, 1.807) is 31.4 Å². The zero-order valence-electron chi connectivity index (χ0n) is 18.5. The van der Waals surface area contributed by atoms with Crippen LogP contribution < -0.4 is 4.74 Å². The Kier molecular flexibility index (Phi) is 5.91. The summed E-state index contributed by atoms with van der Waals surface area (Å²) in [5, 5.41) is 11.5. The van der Waals surface area contributed by atoms with Gasteiger partial charge in [0, 0.05) is 23.6 Å². The number of Topliss-reactive ketones (excluding diaryl/α,β-unsaturated/α-hetero) is 1. The number of nitrogens with one attached hydrogen (secondary N) is 1. The van der Waals surface area contributed by atoms with Crippen LogP contribution >= 0.6 is 0 Å². The molecule has 8 heteroatoms. The van der Waals surface area contributed by atoms with Gasteiger partial charge in [-0.2, -0.15) is 0 Å². The first-order valence-corrected chi connectivity index (χ1v) is 10.4. The van der Waals surface area contributed by atoms with E-state index in [1.807, 2.05) is 24.4 Å². The number of ether oxygens (including phenoxy) is 2. The summed E-state index contributed by atoms with van der Waals surface area (Å²) in [5.41, 5.74) is 2.94. The van der Waals surface area contributed by atoms with Crippen LogP contribution in [0.3, 0.4) is 0 Å². The fourth-order valence-corrected chi connectivity index (χ4v) is 4.24. The SMILES string of the molecule is COC(=O)c1ccc([C@H]2C(C(C)=O)=C(O)C(=O)N2CCc2c[nH]c3ccc(OC)cc23)cc1. The number of aliphatic hydroxyl groups is 1. The molecule has 170 valence electrons. The minimum absolute atomic E-state index is 0.0476. The summed E-state index contributed by atoms with van der Waals surface area (Å²) in [7, 11) is 2.90. The highest BCUT2D eigenvalue weighted by Gasteiger charge is 2.42. The first-order chi connectivity index (χ1) is 15.8. The standard InChI is InChI=1S/C25H24N2O6/c1-14(28)21-22(15-4-6-16(7-5-15)25(31)33-3)27(24(30)23(21)29)11-10-17-13-26-20-9-8-18(32-2)12-19(17)20/h4-9,12-13,22,26,29H,10-11H2,1-3H3/t22-/m0/s1. The van der Waals surface area contributed by atoms with Crippen LogP contribution in [-0.2, 0) is 20.7 Å². The van der Waals surface area contributed by atoms with Gasteiger partial charge in [0.25, 0.3) is 5.91 Å². The van der Waals surface area contributed by atoms with E-state index in [1.165, 1.54) is 18.9 Å². The van der Waals surface area contributed by atoms with Gasteiger partial charge in [0.05, 0.1) is 31.4 Å². The van der Waals surface area contributed by atoms with E-state index in [-0.39, 0.29) is 17.9 Å². The van der Waals surface area contributed by atoms with Crippen LogP contribution in [-0.4, -0.2) is 53.4 Å². The van der Waals surface area contributed by atoms with E-state index in [9.17, 15) is 19.5 Å². The Morgan fingerprint density at radius 3 is 2.48 bits per heavy atom. The minimum atomic E-state index is -0.749. The molecule has 1 aliphatic heterocycles. The Morgan fingerprint density at radius 2 is 1.85 bits per heavy atom. The second kappa shape index (κ2) is 8.82. The molecule has 1 amide bonds. The number of rotatable bonds is 7. The van der Waals surface area contributed by atoms with Crippen LogP contribution in [0.4, 0.5) is 0 Å². The van der Waals surface area contributed by atoms with E-state index >= 15 is 0 Å². The number of amides is 1. The van der Waals surface area contributed by atoms with Crippen molar-refractivity contribution in [3.63, 3.8) is 0 Å². The Balaban J connectivity index is 1.65. The average molecular weight is 448 g/mol. The van der Waals surface area contributed by atoms with Crippen molar-refractivity contribution in [2.75, 3.05) is 20.8 Å².